The average Bonchev–Trinajstić information content (AvgIpc) is 3.44. The van der Waals surface area contributed by atoms with Crippen LogP contribution in [0.15, 0.2) is 58.4 Å². The number of aliphatic imine (C=N–C) groups is 1. The van der Waals surface area contributed by atoms with Gasteiger partial charge >= 0.3 is 0 Å². The summed E-state index contributed by atoms with van der Waals surface area (Å²) in [4.78, 5) is 28.2. The van der Waals surface area contributed by atoms with Gasteiger partial charge in [-0.3, -0.25) is 9.79 Å². The van der Waals surface area contributed by atoms with E-state index in [0.29, 0.717) is 27.7 Å². The molecule has 174 valence electrons. The van der Waals surface area contributed by atoms with Crippen molar-refractivity contribution < 1.29 is 5.11 Å². The van der Waals surface area contributed by atoms with Crippen LogP contribution in [0.2, 0.25) is 5.02 Å². The number of fused-ring (bicyclic) bond motifs is 1. The number of aromatic amines is 2. The van der Waals surface area contributed by atoms with Crippen LogP contribution >= 0.6 is 11.6 Å². The first-order valence-corrected chi connectivity index (χ1v) is 11.5. The first-order chi connectivity index (χ1) is 16.4. The number of aryl methyl sites for hydroxylation is 1. The summed E-state index contributed by atoms with van der Waals surface area (Å²) in [6, 6.07) is 13.1. The van der Waals surface area contributed by atoms with Crippen LogP contribution in [0, 0.1) is 6.92 Å². The zero-order valence-corrected chi connectivity index (χ0v) is 19.6. The van der Waals surface area contributed by atoms with Crippen molar-refractivity contribution in [1.82, 2.24) is 20.3 Å². The minimum atomic E-state index is -0.798. The first kappa shape index (κ1) is 22.2. The average molecular weight is 477 g/mol. The number of aliphatic hydroxyl groups is 1. The fourth-order valence-corrected chi connectivity index (χ4v) is 4.38. The fraction of sp³-hybridized carbons (Fsp3) is 0.240. The topological polar surface area (TPSA) is 118 Å². The Labute approximate surface area is 201 Å². The molecule has 0 unspecified atom stereocenters. The van der Waals surface area contributed by atoms with E-state index in [-0.39, 0.29) is 18.1 Å². The van der Waals surface area contributed by atoms with Crippen molar-refractivity contribution >= 4 is 34.2 Å². The summed E-state index contributed by atoms with van der Waals surface area (Å²) in [5.74, 6) is 1.31. The predicted molar refractivity (Wildman–Crippen MR) is 136 cm³/mol. The number of hydrogen-bond donors (Lipinski definition) is 5. The van der Waals surface area contributed by atoms with E-state index in [1.807, 2.05) is 19.1 Å². The van der Waals surface area contributed by atoms with Gasteiger partial charge in [0.25, 0.3) is 5.56 Å². The molecular formula is C25H25ClN6O2. The van der Waals surface area contributed by atoms with Crippen molar-refractivity contribution in [3.05, 3.63) is 80.7 Å². The Morgan fingerprint density at radius 2 is 2.12 bits per heavy atom. The maximum atomic E-state index is 12.8. The van der Waals surface area contributed by atoms with Crippen molar-refractivity contribution in [3.8, 4) is 11.4 Å². The van der Waals surface area contributed by atoms with E-state index in [4.69, 9.17) is 16.6 Å². The number of nitrogens with one attached hydrogen (secondary N) is 4. The molecule has 9 heteroatoms. The van der Waals surface area contributed by atoms with E-state index in [1.54, 1.807) is 36.5 Å². The standard InChI is InChI=1S/C25H25ClN6O2/c1-13-8-16(23-29-11-14(2)30-23)10-19-22(13)32-24(31-19)21-18(6-7-27-25(21)34)28-12-20(33)15-4-3-5-17(26)9-15/h3-10,14,20,33H,11-12H2,1-2H3,(H,29,30)(H,31,32)(H2,27,28,34)/t14-,20-/m0/s1. The van der Waals surface area contributed by atoms with Crippen LogP contribution in [-0.4, -0.2) is 45.0 Å². The second-order valence-corrected chi connectivity index (χ2v) is 8.97. The Bertz CT molecular complexity index is 1460. The number of hydrogen-bond acceptors (Lipinski definition) is 6. The van der Waals surface area contributed by atoms with Crippen LogP contribution in [0.4, 0.5) is 5.69 Å². The van der Waals surface area contributed by atoms with Crippen molar-refractivity contribution in [2.24, 2.45) is 4.99 Å². The number of nitrogens with zero attached hydrogens (tertiary/aromatic N) is 2. The molecule has 0 saturated heterocycles. The Hall–Kier alpha value is -3.62. The number of aliphatic hydroxyl groups excluding tert-OH is 1. The molecule has 0 bridgehead atoms. The monoisotopic (exact) mass is 476 g/mol. The Balaban J connectivity index is 1.48. The van der Waals surface area contributed by atoms with Gasteiger partial charge < -0.3 is 25.7 Å². The lowest BCUT2D eigenvalue weighted by Crippen LogP contribution is -2.20. The molecule has 5 N–H and O–H groups in total. The summed E-state index contributed by atoms with van der Waals surface area (Å²) in [5, 5.41) is 17.7. The molecule has 1 aliphatic heterocycles. The van der Waals surface area contributed by atoms with Gasteiger partial charge in [-0.2, -0.15) is 0 Å². The van der Waals surface area contributed by atoms with Gasteiger partial charge in [0.15, 0.2) is 0 Å². The molecule has 0 spiro atoms. The van der Waals surface area contributed by atoms with Crippen LogP contribution in [0.5, 0.6) is 0 Å². The molecule has 1 aliphatic rings. The van der Waals surface area contributed by atoms with Gasteiger partial charge in [0, 0.05) is 29.9 Å². The largest absolute Gasteiger partial charge is 0.387 e. The molecule has 0 amide bonds. The first-order valence-electron chi connectivity index (χ1n) is 11.1. The molecule has 8 nitrogen and oxygen atoms in total. The zero-order valence-electron chi connectivity index (χ0n) is 18.8. The van der Waals surface area contributed by atoms with Crippen LogP contribution in [-0.2, 0) is 0 Å². The summed E-state index contributed by atoms with van der Waals surface area (Å²) in [7, 11) is 0. The van der Waals surface area contributed by atoms with Gasteiger partial charge in [0.2, 0.25) is 0 Å². The Morgan fingerprint density at radius 1 is 1.26 bits per heavy atom. The molecule has 0 fully saturated rings. The number of halogens is 1. The smallest absolute Gasteiger partial charge is 0.261 e. The highest BCUT2D eigenvalue weighted by Gasteiger charge is 2.19. The number of amidine groups is 1. The van der Waals surface area contributed by atoms with E-state index in [1.165, 1.54) is 0 Å². The number of rotatable bonds is 6. The summed E-state index contributed by atoms with van der Waals surface area (Å²) < 4.78 is 0. The van der Waals surface area contributed by atoms with E-state index in [0.717, 1.165) is 34.5 Å². The van der Waals surface area contributed by atoms with Crippen molar-refractivity contribution in [2.45, 2.75) is 26.0 Å². The lowest BCUT2D eigenvalue weighted by Gasteiger charge is -2.15. The Kier molecular flexibility index (Phi) is 5.85. The van der Waals surface area contributed by atoms with E-state index in [2.05, 4.69) is 32.5 Å². The van der Waals surface area contributed by atoms with Gasteiger partial charge in [0.1, 0.15) is 17.2 Å². The number of aromatic nitrogens is 3. The molecule has 2 atom stereocenters. The van der Waals surface area contributed by atoms with E-state index >= 15 is 0 Å². The number of pyridine rings is 1. The van der Waals surface area contributed by atoms with Gasteiger partial charge in [-0.05, 0) is 55.3 Å². The second-order valence-electron chi connectivity index (χ2n) is 8.53. The quantitative estimate of drug-likeness (QED) is 0.290. The van der Waals surface area contributed by atoms with E-state index < -0.39 is 6.10 Å². The maximum Gasteiger partial charge on any atom is 0.261 e. The highest BCUT2D eigenvalue weighted by atomic mass is 35.5. The third-order valence-corrected chi connectivity index (χ3v) is 6.12. The molecule has 2 aromatic carbocycles. The highest BCUT2D eigenvalue weighted by Crippen LogP contribution is 2.28. The van der Waals surface area contributed by atoms with Crippen molar-refractivity contribution in [3.63, 3.8) is 0 Å². The van der Waals surface area contributed by atoms with Crippen LogP contribution in [0.1, 0.15) is 29.7 Å². The number of imidazole rings is 1. The minimum Gasteiger partial charge on any atom is -0.387 e. The molecule has 5 rings (SSSR count). The lowest BCUT2D eigenvalue weighted by atomic mass is 10.1. The molecule has 2 aromatic heterocycles. The summed E-state index contributed by atoms with van der Waals surface area (Å²) in [6.45, 7) is 5.07. The predicted octanol–water partition coefficient (Wildman–Crippen LogP) is 3.76. The summed E-state index contributed by atoms with van der Waals surface area (Å²) >= 11 is 6.04. The number of anilines is 1. The maximum absolute atomic E-state index is 12.8. The van der Waals surface area contributed by atoms with Crippen LogP contribution in [0.25, 0.3) is 22.4 Å². The minimum absolute atomic E-state index is 0.198. The van der Waals surface area contributed by atoms with Gasteiger partial charge in [-0.1, -0.05) is 23.7 Å². The van der Waals surface area contributed by atoms with Crippen LogP contribution in [0.3, 0.4) is 0 Å². The van der Waals surface area contributed by atoms with Gasteiger partial charge in [0.05, 0.1) is 28.9 Å². The van der Waals surface area contributed by atoms with Gasteiger partial charge in [-0.15, -0.1) is 0 Å². The lowest BCUT2D eigenvalue weighted by molar-refractivity contribution is 0.191. The zero-order chi connectivity index (χ0) is 23.8. The Morgan fingerprint density at radius 3 is 2.88 bits per heavy atom. The summed E-state index contributed by atoms with van der Waals surface area (Å²) in [6.07, 6.45) is 0.769. The molecule has 0 aliphatic carbocycles. The third kappa shape index (κ3) is 4.30. The number of H-pyrrole nitrogens is 2. The van der Waals surface area contributed by atoms with E-state index in [9.17, 15) is 9.90 Å². The SMILES string of the molecule is Cc1cc(C2=N[C@@H](C)CN2)cc2[nH]c(-c3c(NC[C@H](O)c4cccc(Cl)c4)cc[nH]c3=O)nc12. The van der Waals surface area contributed by atoms with Gasteiger partial charge in [-0.25, -0.2) is 4.98 Å². The second kappa shape index (κ2) is 8.96. The normalized spacial score (nSPS) is 16.4. The van der Waals surface area contributed by atoms with Crippen molar-refractivity contribution in [1.29, 1.82) is 0 Å². The van der Waals surface area contributed by atoms with Crippen LogP contribution < -0.4 is 16.2 Å². The number of benzene rings is 2. The third-order valence-electron chi connectivity index (χ3n) is 5.88. The molecule has 0 radical (unpaired) electrons. The molecule has 3 heterocycles. The molecule has 0 saturated carbocycles. The highest BCUT2D eigenvalue weighted by molar-refractivity contribution is 6.30. The molecular weight excluding hydrogens is 452 g/mol. The molecule has 4 aromatic rings. The summed E-state index contributed by atoms with van der Waals surface area (Å²) in [5.41, 5.74) is 4.93. The fourth-order valence-electron chi connectivity index (χ4n) is 4.18. The molecule has 34 heavy (non-hydrogen) atoms. The van der Waals surface area contributed by atoms with Crippen molar-refractivity contribution in [2.75, 3.05) is 18.4 Å².